The summed E-state index contributed by atoms with van der Waals surface area (Å²) in [5.41, 5.74) is 3.83. The van der Waals surface area contributed by atoms with Crippen LogP contribution in [0.1, 0.15) is 18.2 Å². The SMILES string of the molecule is CC1Cc2ccccc2N1Cc1cn2cccnc2n1. The fourth-order valence-electron chi connectivity index (χ4n) is 3.00. The Labute approximate surface area is 117 Å². The third-order valence-electron chi connectivity index (χ3n) is 3.97. The fraction of sp³-hybridized carbons (Fsp3) is 0.250. The molecule has 0 N–H and O–H groups in total. The first-order chi connectivity index (χ1) is 9.81. The molecule has 3 aromatic rings. The van der Waals surface area contributed by atoms with Gasteiger partial charge in [-0.05, 0) is 31.0 Å². The lowest BCUT2D eigenvalue weighted by atomic mass is 10.1. The zero-order valence-corrected chi connectivity index (χ0v) is 11.4. The average Bonchev–Trinajstić information content (AvgIpc) is 3.00. The molecule has 1 aliphatic rings. The first-order valence-corrected chi connectivity index (χ1v) is 6.94. The quantitative estimate of drug-likeness (QED) is 0.713. The van der Waals surface area contributed by atoms with Gasteiger partial charge in [0.15, 0.2) is 0 Å². The van der Waals surface area contributed by atoms with Crippen LogP contribution in [0.3, 0.4) is 0 Å². The van der Waals surface area contributed by atoms with Crippen LogP contribution in [0, 0.1) is 0 Å². The molecule has 1 unspecified atom stereocenters. The molecule has 1 aromatic carbocycles. The largest absolute Gasteiger partial charge is 0.362 e. The van der Waals surface area contributed by atoms with Gasteiger partial charge in [0, 0.05) is 30.3 Å². The van der Waals surface area contributed by atoms with Gasteiger partial charge in [0.2, 0.25) is 5.78 Å². The summed E-state index contributed by atoms with van der Waals surface area (Å²) in [6.45, 7) is 3.11. The van der Waals surface area contributed by atoms with Gasteiger partial charge in [0.25, 0.3) is 0 Å². The van der Waals surface area contributed by atoms with Gasteiger partial charge in [-0.25, -0.2) is 9.97 Å². The number of imidazole rings is 1. The number of rotatable bonds is 2. The van der Waals surface area contributed by atoms with Crippen LogP contribution in [-0.2, 0) is 13.0 Å². The van der Waals surface area contributed by atoms with Crippen molar-refractivity contribution in [1.82, 2.24) is 14.4 Å². The molecule has 100 valence electrons. The number of aromatic nitrogens is 3. The zero-order chi connectivity index (χ0) is 13.5. The lowest BCUT2D eigenvalue weighted by molar-refractivity contribution is 0.666. The van der Waals surface area contributed by atoms with Crippen molar-refractivity contribution >= 4 is 11.5 Å². The Bertz CT molecular complexity index is 729. The monoisotopic (exact) mass is 264 g/mol. The van der Waals surface area contributed by atoms with E-state index in [1.807, 2.05) is 16.7 Å². The van der Waals surface area contributed by atoms with Crippen molar-refractivity contribution in [1.29, 1.82) is 0 Å². The van der Waals surface area contributed by atoms with E-state index in [4.69, 9.17) is 0 Å². The van der Waals surface area contributed by atoms with Crippen molar-refractivity contribution in [3.8, 4) is 0 Å². The first kappa shape index (κ1) is 11.5. The molecular weight excluding hydrogens is 248 g/mol. The Kier molecular flexibility index (Phi) is 2.49. The number of anilines is 1. The van der Waals surface area contributed by atoms with Crippen LogP contribution in [0.15, 0.2) is 48.9 Å². The van der Waals surface area contributed by atoms with E-state index in [2.05, 4.69) is 52.3 Å². The maximum atomic E-state index is 4.59. The van der Waals surface area contributed by atoms with E-state index in [9.17, 15) is 0 Å². The van der Waals surface area contributed by atoms with Crippen LogP contribution in [-0.4, -0.2) is 20.4 Å². The second-order valence-corrected chi connectivity index (χ2v) is 5.37. The van der Waals surface area contributed by atoms with E-state index < -0.39 is 0 Å². The Hall–Kier alpha value is -2.36. The summed E-state index contributed by atoms with van der Waals surface area (Å²) in [5, 5.41) is 0. The van der Waals surface area contributed by atoms with Crippen LogP contribution in [0.4, 0.5) is 5.69 Å². The first-order valence-electron chi connectivity index (χ1n) is 6.94. The fourth-order valence-corrected chi connectivity index (χ4v) is 3.00. The van der Waals surface area contributed by atoms with Crippen LogP contribution < -0.4 is 4.90 Å². The standard InChI is InChI=1S/C16H16N4/c1-12-9-13-5-2-3-6-15(13)20(12)11-14-10-19-8-4-7-17-16(19)18-14/h2-8,10,12H,9,11H2,1H3. The predicted octanol–water partition coefficient (Wildman–Crippen LogP) is 2.68. The Morgan fingerprint density at radius 3 is 3.05 bits per heavy atom. The molecule has 0 spiro atoms. The van der Waals surface area contributed by atoms with Gasteiger partial charge in [0.1, 0.15) is 0 Å². The van der Waals surface area contributed by atoms with E-state index in [1.54, 1.807) is 6.20 Å². The molecule has 0 saturated carbocycles. The lowest BCUT2D eigenvalue weighted by Crippen LogP contribution is -2.28. The summed E-state index contributed by atoms with van der Waals surface area (Å²) in [5.74, 6) is 0.766. The van der Waals surface area contributed by atoms with Gasteiger partial charge in [-0.3, -0.25) is 4.40 Å². The molecule has 1 aliphatic heterocycles. The van der Waals surface area contributed by atoms with Gasteiger partial charge in [-0.1, -0.05) is 18.2 Å². The third-order valence-corrected chi connectivity index (χ3v) is 3.97. The minimum absolute atomic E-state index is 0.519. The smallest absolute Gasteiger partial charge is 0.233 e. The van der Waals surface area contributed by atoms with E-state index in [-0.39, 0.29) is 0 Å². The molecule has 2 aromatic heterocycles. The number of para-hydroxylation sites is 1. The predicted molar refractivity (Wildman–Crippen MR) is 78.8 cm³/mol. The summed E-state index contributed by atoms with van der Waals surface area (Å²) in [6.07, 6.45) is 6.94. The van der Waals surface area contributed by atoms with Crippen molar-refractivity contribution < 1.29 is 0 Å². The molecule has 4 nitrogen and oxygen atoms in total. The number of nitrogens with zero attached hydrogens (tertiary/aromatic N) is 4. The lowest BCUT2D eigenvalue weighted by Gasteiger charge is -2.23. The molecule has 0 aliphatic carbocycles. The molecule has 0 saturated heterocycles. The number of hydrogen-bond acceptors (Lipinski definition) is 3. The Morgan fingerprint density at radius 2 is 2.15 bits per heavy atom. The maximum Gasteiger partial charge on any atom is 0.233 e. The highest BCUT2D eigenvalue weighted by molar-refractivity contribution is 5.59. The molecule has 0 radical (unpaired) electrons. The van der Waals surface area contributed by atoms with E-state index in [1.165, 1.54) is 11.3 Å². The van der Waals surface area contributed by atoms with Crippen molar-refractivity contribution in [2.24, 2.45) is 0 Å². The summed E-state index contributed by atoms with van der Waals surface area (Å²) in [6, 6.07) is 11.1. The molecule has 0 bridgehead atoms. The maximum absolute atomic E-state index is 4.59. The van der Waals surface area contributed by atoms with Crippen LogP contribution in [0.2, 0.25) is 0 Å². The van der Waals surface area contributed by atoms with Gasteiger partial charge in [0.05, 0.1) is 12.2 Å². The van der Waals surface area contributed by atoms with Crippen LogP contribution in [0.5, 0.6) is 0 Å². The normalized spacial score (nSPS) is 17.6. The molecule has 0 fully saturated rings. The van der Waals surface area contributed by atoms with Crippen molar-refractivity contribution in [2.45, 2.75) is 25.9 Å². The number of fused-ring (bicyclic) bond motifs is 2. The van der Waals surface area contributed by atoms with E-state index >= 15 is 0 Å². The van der Waals surface area contributed by atoms with Gasteiger partial charge in [-0.2, -0.15) is 0 Å². The summed E-state index contributed by atoms with van der Waals surface area (Å²) >= 11 is 0. The summed E-state index contributed by atoms with van der Waals surface area (Å²) < 4.78 is 1.97. The van der Waals surface area contributed by atoms with Crippen molar-refractivity contribution in [3.63, 3.8) is 0 Å². The number of benzene rings is 1. The number of hydrogen-bond donors (Lipinski definition) is 0. The molecule has 0 amide bonds. The molecule has 4 rings (SSSR count). The molecule has 3 heterocycles. The van der Waals surface area contributed by atoms with E-state index in [0.29, 0.717) is 6.04 Å². The highest BCUT2D eigenvalue weighted by Crippen LogP contribution is 2.32. The second-order valence-electron chi connectivity index (χ2n) is 5.37. The topological polar surface area (TPSA) is 33.4 Å². The van der Waals surface area contributed by atoms with Crippen molar-refractivity contribution in [3.05, 3.63) is 60.2 Å². The summed E-state index contributed by atoms with van der Waals surface area (Å²) in [7, 11) is 0. The highest BCUT2D eigenvalue weighted by Gasteiger charge is 2.25. The third kappa shape index (κ3) is 1.76. The Balaban J connectivity index is 1.68. The van der Waals surface area contributed by atoms with Gasteiger partial charge < -0.3 is 4.90 Å². The molecular formula is C16H16N4. The van der Waals surface area contributed by atoms with Crippen LogP contribution >= 0.6 is 0 Å². The minimum Gasteiger partial charge on any atom is -0.362 e. The van der Waals surface area contributed by atoms with Gasteiger partial charge in [-0.15, -0.1) is 0 Å². The molecule has 1 atom stereocenters. The van der Waals surface area contributed by atoms with Crippen molar-refractivity contribution in [2.75, 3.05) is 4.90 Å². The second kappa shape index (κ2) is 4.34. The molecule has 4 heteroatoms. The van der Waals surface area contributed by atoms with E-state index in [0.717, 1.165) is 24.4 Å². The Morgan fingerprint density at radius 1 is 1.25 bits per heavy atom. The highest BCUT2D eigenvalue weighted by atomic mass is 15.2. The zero-order valence-electron chi connectivity index (χ0n) is 11.4. The van der Waals surface area contributed by atoms with Crippen LogP contribution in [0.25, 0.3) is 5.78 Å². The summed E-state index contributed by atoms with van der Waals surface area (Å²) in [4.78, 5) is 11.3. The molecule has 20 heavy (non-hydrogen) atoms. The van der Waals surface area contributed by atoms with Gasteiger partial charge >= 0.3 is 0 Å². The average molecular weight is 264 g/mol. The minimum atomic E-state index is 0.519.